The first kappa shape index (κ1) is 49.1. The molecule has 1 aliphatic rings. The first-order valence-corrected chi connectivity index (χ1v) is 25.3. The van der Waals surface area contributed by atoms with Gasteiger partial charge in [0.2, 0.25) is 0 Å². The number of carboxylic acids is 1. The Morgan fingerprint density at radius 1 is 0.439 bits per heavy atom. The van der Waals surface area contributed by atoms with Gasteiger partial charge in [-0.25, -0.2) is 4.79 Å². The van der Waals surface area contributed by atoms with Crippen LogP contribution in [-0.2, 0) is 38.5 Å². The maximum atomic E-state index is 13.6. The Morgan fingerprint density at radius 3 is 1.25 bits per heavy atom. The van der Waals surface area contributed by atoms with Crippen LogP contribution >= 0.6 is 0 Å². The number of carboxylic acid groups (broad SMARTS) is 1. The molecule has 57 heavy (non-hydrogen) atoms. The Labute approximate surface area is 353 Å². The predicted molar refractivity (Wildman–Crippen MR) is 248 cm³/mol. The summed E-state index contributed by atoms with van der Waals surface area (Å²) in [6.45, 7) is 11.5. The highest BCUT2D eigenvalue weighted by Gasteiger charge is 2.32. The number of hydrogen-bond acceptors (Lipinski definition) is 2. The minimum Gasteiger partial charge on any atom is -0.478 e. The number of ether oxygens (including phenoxy) is 1. The Balaban J connectivity index is 2.09. The van der Waals surface area contributed by atoms with Gasteiger partial charge in [0.1, 0.15) is 11.5 Å². The molecule has 3 rings (SSSR count). The summed E-state index contributed by atoms with van der Waals surface area (Å²) in [5.74, 6) is 1.29. The smallest absolute Gasteiger partial charge is 0.336 e. The molecular weight excluding hydrogens is 697 g/mol. The number of rotatable bonds is 36. The molecule has 3 nitrogen and oxygen atoms in total. The van der Waals surface area contributed by atoms with Crippen molar-refractivity contribution in [1.82, 2.24) is 0 Å². The second-order valence-corrected chi connectivity index (χ2v) is 18.0. The van der Waals surface area contributed by atoms with Gasteiger partial charge in [-0.2, -0.15) is 0 Å². The molecule has 0 saturated carbocycles. The highest BCUT2D eigenvalue weighted by Crippen LogP contribution is 2.47. The van der Waals surface area contributed by atoms with Crippen LogP contribution in [0.3, 0.4) is 0 Å². The van der Waals surface area contributed by atoms with Gasteiger partial charge in [-0.3, -0.25) is 0 Å². The SMILES string of the molecule is CCCCCCCCc1ccc2c(c1CCCCCCCC)Oc1c(CCCCCCCC)c(CCCCCCCC)c(CCCCCCCC)c(C(=O)O)c1C2. The number of aryl methyl sites for hydroxylation is 1. The molecule has 2 aromatic rings. The molecule has 0 unspecified atom stereocenters. The third-order valence-corrected chi connectivity index (χ3v) is 13.0. The number of benzene rings is 2. The maximum Gasteiger partial charge on any atom is 0.336 e. The van der Waals surface area contributed by atoms with E-state index >= 15 is 0 Å². The molecule has 0 radical (unpaired) electrons. The fourth-order valence-electron chi connectivity index (χ4n) is 9.55. The Kier molecular flexibility index (Phi) is 26.4. The molecule has 1 heterocycles. The minimum absolute atomic E-state index is 0.588. The van der Waals surface area contributed by atoms with E-state index in [-0.39, 0.29) is 0 Å². The van der Waals surface area contributed by atoms with Gasteiger partial charge in [0.25, 0.3) is 0 Å². The fraction of sp³-hybridized carbons (Fsp3) is 0.759. The maximum absolute atomic E-state index is 13.6. The number of fused-ring (bicyclic) bond motifs is 2. The Hall–Kier alpha value is -2.29. The van der Waals surface area contributed by atoms with Gasteiger partial charge in [0, 0.05) is 12.0 Å². The van der Waals surface area contributed by atoms with Crippen LogP contribution in [0.5, 0.6) is 11.5 Å². The molecule has 3 heteroatoms. The van der Waals surface area contributed by atoms with E-state index < -0.39 is 5.97 Å². The summed E-state index contributed by atoms with van der Waals surface area (Å²) in [6.07, 6.45) is 43.7. The summed E-state index contributed by atoms with van der Waals surface area (Å²) in [4.78, 5) is 13.6. The first-order chi connectivity index (χ1) is 28.0. The van der Waals surface area contributed by atoms with Crippen molar-refractivity contribution < 1.29 is 14.6 Å². The standard InChI is InChI=1S/C54H90O3/c1-6-11-16-21-26-31-36-44-41-42-45-43-50-51(54(55)56)48(39-34-29-24-19-14-9-4)47(38-33-28-23-18-13-8-3)49(40-35-30-25-20-15-10-5)53(50)57-52(45)46(44)37-32-27-22-17-12-7-2/h41-42H,6-40,43H2,1-5H3,(H,55,56). The van der Waals surface area contributed by atoms with Gasteiger partial charge in [-0.15, -0.1) is 0 Å². The Morgan fingerprint density at radius 2 is 0.807 bits per heavy atom. The van der Waals surface area contributed by atoms with Gasteiger partial charge in [0.05, 0.1) is 5.56 Å². The number of carbonyl (C=O) groups is 1. The molecule has 0 bridgehead atoms. The van der Waals surface area contributed by atoms with Crippen molar-refractivity contribution in [1.29, 1.82) is 0 Å². The monoisotopic (exact) mass is 787 g/mol. The second kappa shape index (κ2) is 30.7. The van der Waals surface area contributed by atoms with Crippen LogP contribution in [0.1, 0.15) is 277 Å². The van der Waals surface area contributed by atoms with Crippen molar-refractivity contribution in [3.8, 4) is 11.5 Å². The molecule has 0 spiro atoms. The van der Waals surface area contributed by atoms with Crippen molar-refractivity contribution in [2.24, 2.45) is 0 Å². The molecule has 1 aliphatic heterocycles. The van der Waals surface area contributed by atoms with Gasteiger partial charge in [0.15, 0.2) is 0 Å². The van der Waals surface area contributed by atoms with Crippen LogP contribution in [-0.4, -0.2) is 11.1 Å². The molecule has 0 amide bonds. The van der Waals surface area contributed by atoms with E-state index in [2.05, 4.69) is 46.8 Å². The van der Waals surface area contributed by atoms with Crippen molar-refractivity contribution in [2.45, 2.75) is 266 Å². The lowest BCUT2D eigenvalue weighted by molar-refractivity contribution is 0.0693. The topological polar surface area (TPSA) is 46.5 Å². The average Bonchev–Trinajstić information content (AvgIpc) is 3.21. The lowest BCUT2D eigenvalue weighted by atomic mass is 9.80. The zero-order valence-corrected chi connectivity index (χ0v) is 38.4. The summed E-state index contributed by atoms with van der Waals surface area (Å²) in [5.41, 5.74) is 9.55. The molecule has 324 valence electrons. The van der Waals surface area contributed by atoms with E-state index in [1.807, 2.05) is 0 Å². The van der Waals surface area contributed by atoms with E-state index in [1.165, 1.54) is 201 Å². The molecule has 0 atom stereocenters. The highest BCUT2D eigenvalue weighted by atomic mass is 16.5. The van der Waals surface area contributed by atoms with E-state index in [9.17, 15) is 9.90 Å². The van der Waals surface area contributed by atoms with E-state index in [4.69, 9.17) is 4.74 Å². The molecule has 2 aromatic carbocycles. The number of aromatic carboxylic acids is 1. The molecule has 1 N–H and O–H groups in total. The van der Waals surface area contributed by atoms with Crippen molar-refractivity contribution >= 4 is 5.97 Å². The summed E-state index contributed by atoms with van der Waals surface area (Å²) in [5, 5.41) is 11.1. The molecule has 0 aromatic heterocycles. The number of hydrogen-bond donors (Lipinski definition) is 1. The molecule has 0 fully saturated rings. The molecular formula is C54H90O3. The summed E-state index contributed by atoms with van der Waals surface area (Å²) < 4.78 is 7.38. The summed E-state index contributed by atoms with van der Waals surface area (Å²) >= 11 is 0. The van der Waals surface area contributed by atoms with Crippen LogP contribution in [0.4, 0.5) is 0 Å². The van der Waals surface area contributed by atoms with E-state index in [0.717, 1.165) is 74.0 Å². The summed E-state index contributed by atoms with van der Waals surface area (Å²) in [7, 11) is 0. The lowest BCUT2D eigenvalue weighted by Gasteiger charge is -2.31. The fourth-order valence-corrected chi connectivity index (χ4v) is 9.55. The van der Waals surface area contributed by atoms with Gasteiger partial charge >= 0.3 is 5.97 Å². The first-order valence-electron chi connectivity index (χ1n) is 25.3. The number of unbranched alkanes of at least 4 members (excludes halogenated alkanes) is 25. The summed E-state index contributed by atoms with van der Waals surface area (Å²) in [6, 6.07) is 4.71. The van der Waals surface area contributed by atoms with Crippen LogP contribution in [0.25, 0.3) is 0 Å². The predicted octanol–water partition coefficient (Wildman–Crippen LogP) is 17.6. The lowest BCUT2D eigenvalue weighted by Crippen LogP contribution is -2.19. The third-order valence-electron chi connectivity index (χ3n) is 13.0. The van der Waals surface area contributed by atoms with E-state index in [0.29, 0.717) is 12.0 Å². The highest BCUT2D eigenvalue weighted by molar-refractivity contribution is 5.94. The van der Waals surface area contributed by atoms with Gasteiger partial charge < -0.3 is 9.84 Å². The van der Waals surface area contributed by atoms with Gasteiger partial charge in [-0.1, -0.05) is 207 Å². The quantitative estimate of drug-likeness (QED) is 0.0597. The van der Waals surface area contributed by atoms with Crippen molar-refractivity contribution in [3.05, 3.63) is 56.6 Å². The molecule has 0 aliphatic carbocycles. The van der Waals surface area contributed by atoms with Crippen LogP contribution in [0.15, 0.2) is 12.1 Å². The normalized spacial score (nSPS) is 12.2. The van der Waals surface area contributed by atoms with Crippen LogP contribution in [0, 0.1) is 0 Å². The second-order valence-electron chi connectivity index (χ2n) is 18.0. The largest absolute Gasteiger partial charge is 0.478 e. The zero-order chi connectivity index (χ0) is 40.9. The molecule has 0 saturated heterocycles. The van der Waals surface area contributed by atoms with Crippen molar-refractivity contribution in [2.75, 3.05) is 0 Å². The van der Waals surface area contributed by atoms with Gasteiger partial charge in [-0.05, 0) is 97.6 Å². The van der Waals surface area contributed by atoms with E-state index in [1.54, 1.807) is 0 Å². The van der Waals surface area contributed by atoms with Crippen LogP contribution in [0.2, 0.25) is 0 Å². The average molecular weight is 787 g/mol. The Bertz CT molecular complexity index is 1370. The minimum atomic E-state index is -0.749. The van der Waals surface area contributed by atoms with Crippen LogP contribution < -0.4 is 4.74 Å². The van der Waals surface area contributed by atoms with Crippen molar-refractivity contribution in [3.63, 3.8) is 0 Å². The zero-order valence-electron chi connectivity index (χ0n) is 38.4. The third kappa shape index (κ3) is 17.5.